The number of ether oxygens (including phenoxy) is 1. The van der Waals surface area contributed by atoms with Gasteiger partial charge in [-0.25, -0.2) is 0 Å². The minimum atomic E-state index is -0.0312. The lowest BCUT2D eigenvalue weighted by Crippen LogP contribution is -2.61. The van der Waals surface area contributed by atoms with Crippen LogP contribution < -0.4 is 5.32 Å². The van der Waals surface area contributed by atoms with Gasteiger partial charge < -0.3 is 10.1 Å². The van der Waals surface area contributed by atoms with Crippen LogP contribution in [0, 0.1) is 6.92 Å². The second-order valence-electron chi connectivity index (χ2n) is 5.11. The summed E-state index contributed by atoms with van der Waals surface area (Å²) in [5.41, 5.74) is 3.45. The molecular formula is C15H18N2O. The number of pyridine rings is 1. The van der Waals surface area contributed by atoms with Crippen molar-refractivity contribution < 1.29 is 4.74 Å². The van der Waals surface area contributed by atoms with E-state index in [-0.39, 0.29) is 5.60 Å². The van der Waals surface area contributed by atoms with Crippen LogP contribution >= 0.6 is 0 Å². The van der Waals surface area contributed by atoms with E-state index in [9.17, 15) is 0 Å². The van der Waals surface area contributed by atoms with Gasteiger partial charge in [-0.1, -0.05) is 18.2 Å². The average Bonchev–Trinajstić information content (AvgIpc) is 2.33. The Hall–Kier alpha value is -1.45. The van der Waals surface area contributed by atoms with Crippen LogP contribution in [0.4, 0.5) is 0 Å². The molecule has 1 aromatic carbocycles. The van der Waals surface area contributed by atoms with Gasteiger partial charge in [-0.15, -0.1) is 0 Å². The first-order chi connectivity index (χ1) is 8.72. The molecule has 0 aliphatic carbocycles. The Kier molecular flexibility index (Phi) is 2.80. The zero-order chi connectivity index (χ0) is 12.6. The van der Waals surface area contributed by atoms with Crippen LogP contribution in [0.2, 0.25) is 0 Å². The molecule has 0 radical (unpaired) electrons. The molecule has 3 nitrogen and oxygen atoms in total. The maximum atomic E-state index is 5.68. The standard InChI is InChI=1S/C15H18N2O/c1-11-7-12(8-15(18-2)9-16-10-15)13-5-3-4-6-14(13)17-11/h3-7,16H,8-10H2,1-2H3. The molecule has 0 bridgehead atoms. The topological polar surface area (TPSA) is 34.1 Å². The second-order valence-corrected chi connectivity index (χ2v) is 5.11. The largest absolute Gasteiger partial charge is 0.375 e. The summed E-state index contributed by atoms with van der Waals surface area (Å²) < 4.78 is 5.68. The predicted octanol–water partition coefficient (Wildman–Crippen LogP) is 2.07. The number of aryl methyl sites for hydroxylation is 1. The third-order valence-corrected chi connectivity index (χ3v) is 3.77. The fourth-order valence-corrected chi connectivity index (χ4v) is 2.63. The summed E-state index contributed by atoms with van der Waals surface area (Å²) in [6, 6.07) is 10.5. The predicted molar refractivity (Wildman–Crippen MR) is 72.8 cm³/mol. The molecule has 0 saturated carbocycles. The highest BCUT2D eigenvalue weighted by Gasteiger charge is 2.37. The number of nitrogens with one attached hydrogen (secondary N) is 1. The van der Waals surface area contributed by atoms with Crippen LogP contribution in [0.25, 0.3) is 10.9 Å². The quantitative estimate of drug-likeness (QED) is 0.894. The summed E-state index contributed by atoms with van der Waals surface area (Å²) in [4.78, 5) is 4.58. The van der Waals surface area contributed by atoms with Crippen molar-refractivity contribution >= 4 is 10.9 Å². The van der Waals surface area contributed by atoms with Crippen LogP contribution in [0.3, 0.4) is 0 Å². The Labute approximate surface area is 107 Å². The van der Waals surface area contributed by atoms with E-state index in [1.54, 1.807) is 7.11 Å². The molecule has 3 heteroatoms. The third-order valence-electron chi connectivity index (χ3n) is 3.77. The molecule has 1 fully saturated rings. The van der Waals surface area contributed by atoms with E-state index < -0.39 is 0 Å². The number of fused-ring (bicyclic) bond motifs is 1. The van der Waals surface area contributed by atoms with Crippen molar-refractivity contribution in [2.75, 3.05) is 20.2 Å². The van der Waals surface area contributed by atoms with E-state index in [0.29, 0.717) is 0 Å². The summed E-state index contributed by atoms with van der Waals surface area (Å²) >= 11 is 0. The molecule has 0 amide bonds. The fraction of sp³-hybridized carbons (Fsp3) is 0.400. The molecular weight excluding hydrogens is 224 g/mol. The van der Waals surface area contributed by atoms with Gasteiger partial charge >= 0.3 is 0 Å². The number of hydrogen-bond donors (Lipinski definition) is 1. The van der Waals surface area contributed by atoms with Crippen molar-refractivity contribution in [2.24, 2.45) is 0 Å². The molecule has 1 saturated heterocycles. The number of benzene rings is 1. The van der Waals surface area contributed by atoms with Crippen molar-refractivity contribution in [3.8, 4) is 0 Å². The molecule has 0 unspecified atom stereocenters. The SMILES string of the molecule is COC1(Cc2cc(C)nc3ccccc23)CNC1. The molecule has 3 rings (SSSR count). The first-order valence-corrected chi connectivity index (χ1v) is 6.34. The number of methoxy groups -OCH3 is 1. The molecule has 1 aliphatic heterocycles. The van der Waals surface area contributed by atoms with Gasteiger partial charge in [0.15, 0.2) is 0 Å². The maximum Gasteiger partial charge on any atom is 0.0966 e. The van der Waals surface area contributed by atoms with E-state index in [1.165, 1.54) is 10.9 Å². The lowest BCUT2D eigenvalue weighted by molar-refractivity contribution is -0.0500. The molecule has 2 heterocycles. The minimum absolute atomic E-state index is 0.0312. The van der Waals surface area contributed by atoms with Gasteiger partial charge in [0.25, 0.3) is 0 Å². The highest BCUT2D eigenvalue weighted by Crippen LogP contribution is 2.26. The summed E-state index contributed by atoms with van der Waals surface area (Å²) in [6.07, 6.45) is 0.945. The molecule has 1 aromatic heterocycles. The molecule has 94 valence electrons. The third kappa shape index (κ3) is 1.89. The normalized spacial score (nSPS) is 17.7. The van der Waals surface area contributed by atoms with Crippen molar-refractivity contribution in [1.29, 1.82) is 0 Å². The highest BCUT2D eigenvalue weighted by atomic mass is 16.5. The number of para-hydroxylation sites is 1. The van der Waals surface area contributed by atoms with E-state index in [1.807, 2.05) is 6.07 Å². The van der Waals surface area contributed by atoms with Gasteiger partial charge in [0.2, 0.25) is 0 Å². The average molecular weight is 242 g/mol. The highest BCUT2D eigenvalue weighted by molar-refractivity contribution is 5.82. The lowest BCUT2D eigenvalue weighted by Gasteiger charge is -2.41. The van der Waals surface area contributed by atoms with Gasteiger partial charge in [0.05, 0.1) is 11.1 Å². The lowest BCUT2D eigenvalue weighted by atomic mass is 9.87. The van der Waals surface area contributed by atoms with E-state index in [0.717, 1.165) is 30.7 Å². The second kappa shape index (κ2) is 4.34. The first kappa shape index (κ1) is 11.6. The van der Waals surface area contributed by atoms with Crippen LogP contribution in [0.15, 0.2) is 30.3 Å². The number of rotatable bonds is 3. The number of aromatic nitrogens is 1. The maximum absolute atomic E-state index is 5.68. The molecule has 2 aromatic rings. The molecule has 1 aliphatic rings. The van der Waals surface area contributed by atoms with Crippen LogP contribution in [-0.4, -0.2) is 30.8 Å². The number of hydrogen-bond acceptors (Lipinski definition) is 3. The summed E-state index contributed by atoms with van der Waals surface area (Å²) in [7, 11) is 1.80. The molecule has 0 atom stereocenters. The molecule has 1 N–H and O–H groups in total. The summed E-state index contributed by atoms with van der Waals surface area (Å²) in [6.45, 7) is 3.91. The zero-order valence-corrected chi connectivity index (χ0v) is 10.9. The Bertz CT molecular complexity index is 570. The van der Waals surface area contributed by atoms with Crippen molar-refractivity contribution in [3.05, 3.63) is 41.6 Å². The Morgan fingerprint density at radius 2 is 2.11 bits per heavy atom. The van der Waals surface area contributed by atoms with E-state index in [2.05, 4.69) is 41.5 Å². The van der Waals surface area contributed by atoms with Gasteiger partial charge in [-0.05, 0) is 24.6 Å². The zero-order valence-electron chi connectivity index (χ0n) is 10.9. The monoisotopic (exact) mass is 242 g/mol. The van der Waals surface area contributed by atoms with Gasteiger partial charge in [0.1, 0.15) is 0 Å². The fourth-order valence-electron chi connectivity index (χ4n) is 2.63. The van der Waals surface area contributed by atoms with Gasteiger partial charge in [-0.3, -0.25) is 4.98 Å². The van der Waals surface area contributed by atoms with Crippen molar-refractivity contribution in [2.45, 2.75) is 18.9 Å². The molecule has 0 spiro atoms. The van der Waals surface area contributed by atoms with Crippen LogP contribution in [-0.2, 0) is 11.2 Å². The number of nitrogens with zero attached hydrogens (tertiary/aromatic N) is 1. The summed E-state index contributed by atoms with van der Waals surface area (Å²) in [5, 5.41) is 4.54. The van der Waals surface area contributed by atoms with Gasteiger partial charge in [0, 0.05) is 37.7 Å². The van der Waals surface area contributed by atoms with Crippen LogP contribution in [0.5, 0.6) is 0 Å². The Balaban J connectivity index is 2.05. The van der Waals surface area contributed by atoms with E-state index >= 15 is 0 Å². The Morgan fingerprint density at radius 1 is 1.33 bits per heavy atom. The molecule has 18 heavy (non-hydrogen) atoms. The van der Waals surface area contributed by atoms with Gasteiger partial charge in [-0.2, -0.15) is 0 Å². The van der Waals surface area contributed by atoms with E-state index in [4.69, 9.17) is 4.74 Å². The van der Waals surface area contributed by atoms with Crippen molar-refractivity contribution in [1.82, 2.24) is 10.3 Å². The first-order valence-electron chi connectivity index (χ1n) is 6.34. The minimum Gasteiger partial charge on any atom is -0.375 e. The summed E-state index contributed by atoms with van der Waals surface area (Å²) in [5.74, 6) is 0. The Morgan fingerprint density at radius 3 is 2.78 bits per heavy atom. The van der Waals surface area contributed by atoms with Crippen molar-refractivity contribution in [3.63, 3.8) is 0 Å². The smallest absolute Gasteiger partial charge is 0.0966 e. The van der Waals surface area contributed by atoms with Crippen LogP contribution in [0.1, 0.15) is 11.3 Å².